The number of aryl methyl sites for hydroxylation is 1. The Morgan fingerprint density at radius 1 is 0.921 bits per heavy atom. The lowest BCUT2D eigenvalue weighted by Gasteiger charge is -2.38. The van der Waals surface area contributed by atoms with E-state index in [9.17, 15) is 4.79 Å². The van der Waals surface area contributed by atoms with Crippen LogP contribution in [0.25, 0.3) is 10.8 Å². The second-order valence-corrected chi connectivity index (χ2v) is 9.58. The molecule has 0 aromatic heterocycles. The molecule has 0 aliphatic carbocycles. The molecule has 0 saturated carbocycles. The van der Waals surface area contributed by atoms with Crippen molar-refractivity contribution in [3.63, 3.8) is 0 Å². The van der Waals surface area contributed by atoms with Crippen molar-refractivity contribution >= 4 is 16.7 Å². The minimum atomic E-state index is 0. The monoisotopic (exact) mass is 510 g/mol. The van der Waals surface area contributed by atoms with Crippen LogP contribution in [0.5, 0.6) is 5.75 Å². The number of rotatable bonds is 7. The van der Waals surface area contributed by atoms with Gasteiger partial charge in [-0.2, -0.15) is 0 Å². The molecule has 0 N–H and O–H groups in total. The molecule has 1 atom stereocenters. The number of nitrogens with zero attached hydrogens (tertiary/aromatic N) is 2. The largest absolute Gasteiger partial charge is 0.497 e. The molecule has 1 amide bonds. The number of amides is 1. The summed E-state index contributed by atoms with van der Waals surface area (Å²) in [4.78, 5) is 17.9. The van der Waals surface area contributed by atoms with Crippen LogP contribution in [-0.4, -0.2) is 55.3 Å². The standard InChI is InChI=1S/C32H34N2O3.CH4/c1-36-30-18-15-27(16-19-30)32(35)33-20-21-37-24-34(29(23-33)17-14-25-8-3-2-4-9-25)22-28-12-7-11-26-10-5-6-13-31(26)28;/h2-13,15-16,18-19,29H,14,17,20-24H2,1H3;1H4/t29-;/m0./s1. The molecule has 0 radical (unpaired) electrons. The van der Waals surface area contributed by atoms with E-state index in [4.69, 9.17) is 9.47 Å². The first kappa shape index (κ1) is 27.4. The van der Waals surface area contributed by atoms with E-state index >= 15 is 0 Å². The summed E-state index contributed by atoms with van der Waals surface area (Å²) in [6, 6.07) is 33.1. The Kier molecular flexibility index (Phi) is 9.52. The van der Waals surface area contributed by atoms with Crippen molar-refractivity contribution in [1.82, 2.24) is 9.80 Å². The van der Waals surface area contributed by atoms with Crippen molar-refractivity contribution in [2.45, 2.75) is 32.9 Å². The second-order valence-electron chi connectivity index (χ2n) is 9.58. The van der Waals surface area contributed by atoms with Crippen LogP contribution in [0.15, 0.2) is 97.1 Å². The zero-order valence-corrected chi connectivity index (χ0v) is 21.4. The Hall–Kier alpha value is -3.67. The molecule has 0 unspecified atom stereocenters. The lowest BCUT2D eigenvalue weighted by Crippen LogP contribution is -2.50. The van der Waals surface area contributed by atoms with Gasteiger partial charge in [0.05, 0.1) is 20.4 Å². The maximum Gasteiger partial charge on any atom is 0.253 e. The summed E-state index contributed by atoms with van der Waals surface area (Å²) in [7, 11) is 1.63. The van der Waals surface area contributed by atoms with E-state index in [1.807, 2.05) is 29.2 Å². The average Bonchev–Trinajstić information content (AvgIpc) is 2.95. The number of fused-ring (bicyclic) bond motifs is 1. The summed E-state index contributed by atoms with van der Waals surface area (Å²) in [5, 5.41) is 2.50. The molecule has 4 aromatic rings. The number of hydrogen-bond acceptors (Lipinski definition) is 4. The number of ether oxygens (including phenoxy) is 2. The van der Waals surface area contributed by atoms with Crippen LogP contribution >= 0.6 is 0 Å². The molecule has 198 valence electrons. The molecule has 4 aromatic carbocycles. The molecule has 1 heterocycles. The summed E-state index contributed by atoms with van der Waals surface area (Å²) < 4.78 is 11.4. The van der Waals surface area contributed by atoms with Crippen molar-refractivity contribution in [1.29, 1.82) is 0 Å². The maximum atomic E-state index is 13.5. The summed E-state index contributed by atoms with van der Waals surface area (Å²) in [6.07, 6.45) is 1.88. The maximum absolute atomic E-state index is 13.5. The quantitative estimate of drug-likeness (QED) is 0.288. The normalized spacial score (nSPS) is 16.3. The van der Waals surface area contributed by atoms with Gasteiger partial charge in [0.1, 0.15) is 5.75 Å². The van der Waals surface area contributed by atoms with E-state index in [1.165, 1.54) is 21.9 Å². The minimum Gasteiger partial charge on any atom is -0.497 e. The highest BCUT2D eigenvalue weighted by atomic mass is 16.5. The van der Waals surface area contributed by atoms with Gasteiger partial charge >= 0.3 is 0 Å². The van der Waals surface area contributed by atoms with Crippen molar-refractivity contribution < 1.29 is 14.3 Å². The van der Waals surface area contributed by atoms with Crippen molar-refractivity contribution in [2.24, 2.45) is 0 Å². The average molecular weight is 511 g/mol. The van der Waals surface area contributed by atoms with E-state index in [0.29, 0.717) is 32.0 Å². The molecule has 38 heavy (non-hydrogen) atoms. The predicted molar refractivity (Wildman–Crippen MR) is 154 cm³/mol. The molecule has 1 aliphatic rings. The Morgan fingerprint density at radius 2 is 1.66 bits per heavy atom. The van der Waals surface area contributed by atoms with Gasteiger partial charge in [-0.25, -0.2) is 0 Å². The minimum absolute atomic E-state index is 0. The fraction of sp³-hybridized carbons (Fsp3) is 0.303. The summed E-state index contributed by atoms with van der Waals surface area (Å²) >= 11 is 0. The third-order valence-corrected chi connectivity index (χ3v) is 7.20. The fourth-order valence-corrected chi connectivity index (χ4v) is 5.10. The van der Waals surface area contributed by atoms with Crippen molar-refractivity contribution in [3.05, 3.63) is 114 Å². The summed E-state index contributed by atoms with van der Waals surface area (Å²) in [6.45, 7) is 3.07. The molecule has 0 bridgehead atoms. The third-order valence-electron chi connectivity index (χ3n) is 7.20. The highest BCUT2D eigenvalue weighted by Crippen LogP contribution is 2.24. The molecule has 5 heteroatoms. The second kappa shape index (κ2) is 13.2. The van der Waals surface area contributed by atoms with Gasteiger partial charge in [-0.15, -0.1) is 0 Å². The topological polar surface area (TPSA) is 42.0 Å². The fourth-order valence-electron chi connectivity index (χ4n) is 5.10. The van der Waals surface area contributed by atoms with E-state index in [-0.39, 0.29) is 19.4 Å². The lowest BCUT2D eigenvalue weighted by atomic mass is 10.0. The Bertz CT molecular complexity index is 1300. The zero-order valence-electron chi connectivity index (χ0n) is 21.4. The van der Waals surface area contributed by atoms with Gasteiger partial charge in [0.25, 0.3) is 5.91 Å². The van der Waals surface area contributed by atoms with Crippen LogP contribution < -0.4 is 4.74 Å². The smallest absolute Gasteiger partial charge is 0.253 e. The van der Waals surface area contributed by atoms with Crippen LogP contribution in [0.3, 0.4) is 0 Å². The number of carbonyl (C=O) groups is 1. The van der Waals surface area contributed by atoms with Gasteiger partial charge in [-0.05, 0) is 59.0 Å². The summed E-state index contributed by atoms with van der Waals surface area (Å²) in [5.74, 6) is 0.775. The summed E-state index contributed by atoms with van der Waals surface area (Å²) in [5.41, 5.74) is 3.26. The first-order valence-corrected chi connectivity index (χ1v) is 13.0. The molecular formula is C33H38N2O3. The van der Waals surface area contributed by atoms with Gasteiger partial charge in [0.2, 0.25) is 0 Å². The SMILES string of the molecule is C.COc1ccc(C(=O)N2CCOCN(Cc3cccc4ccccc34)[C@@H](CCc3ccccc3)C2)cc1. The van der Waals surface area contributed by atoms with Crippen LogP contribution in [0.2, 0.25) is 0 Å². The van der Waals surface area contributed by atoms with Crippen LogP contribution in [0.4, 0.5) is 0 Å². The van der Waals surface area contributed by atoms with Crippen molar-refractivity contribution in [2.75, 3.05) is 33.5 Å². The number of benzene rings is 4. The van der Waals surface area contributed by atoms with Crippen LogP contribution in [0.1, 0.15) is 35.3 Å². The molecule has 1 fully saturated rings. The van der Waals surface area contributed by atoms with E-state index in [0.717, 1.165) is 25.1 Å². The Labute approximate surface area is 226 Å². The number of carbonyl (C=O) groups excluding carboxylic acids is 1. The molecular weight excluding hydrogens is 472 g/mol. The molecule has 1 saturated heterocycles. The number of methoxy groups -OCH3 is 1. The van der Waals surface area contributed by atoms with Gasteiger partial charge in [0.15, 0.2) is 0 Å². The van der Waals surface area contributed by atoms with E-state index in [1.54, 1.807) is 7.11 Å². The van der Waals surface area contributed by atoms with Gasteiger partial charge < -0.3 is 14.4 Å². The molecule has 1 aliphatic heterocycles. The molecule has 0 spiro atoms. The van der Waals surface area contributed by atoms with Gasteiger partial charge in [-0.1, -0.05) is 80.2 Å². The van der Waals surface area contributed by atoms with E-state index in [2.05, 4.69) is 77.7 Å². The van der Waals surface area contributed by atoms with Gasteiger partial charge in [-0.3, -0.25) is 9.69 Å². The Morgan fingerprint density at radius 3 is 2.45 bits per heavy atom. The third kappa shape index (κ3) is 6.60. The van der Waals surface area contributed by atoms with Gasteiger partial charge in [0, 0.05) is 31.2 Å². The highest BCUT2D eigenvalue weighted by molar-refractivity contribution is 5.94. The molecule has 5 nitrogen and oxygen atoms in total. The van der Waals surface area contributed by atoms with E-state index < -0.39 is 0 Å². The number of hydrogen-bond donors (Lipinski definition) is 0. The predicted octanol–water partition coefficient (Wildman–Crippen LogP) is 6.42. The Balaban J connectivity index is 0.00000336. The highest BCUT2D eigenvalue weighted by Gasteiger charge is 2.27. The lowest BCUT2D eigenvalue weighted by molar-refractivity contribution is -0.0360. The van der Waals surface area contributed by atoms with Crippen LogP contribution in [-0.2, 0) is 17.7 Å². The zero-order chi connectivity index (χ0) is 25.5. The molecule has 5 rings (SSSR count). The first-order valence-electron chi connectivity index (χ1n) is 13.0. The first-order chi connectivity index (χ1) is 18.2. The van der Waals surface area contributed by atoms with Crippen molar-refractivity contribution in [3.8, 4) is 5.75 Å². The van der Waals surface area contributed by atoms with Crippen LogP contribution in [0, 0.1) is 0 Å².